The normalized spacial score (nSPS) is 52.2. The van der Waals surface area contributed by atoms with Crippen molar-refractivity contribution in [1.82, 2.24) is 0 Å². The van der Waals surface area contributed by atoms with Crippen LogP contribution in [0.25, 0.3) is 0 Å². The standard InChI is InChI=1S/C21H34O2/c1-14(22)23-16-12-19-17-8-7-15-6-4-5-10-21(15,3)18(17)9-11-20(19,2)13-16/h15-19H,4-13H2,1-3H3/t15-,16-,17+,18+,19-,20+,21-/m0/s1. The third kappa shape index (κ3) is 2.46. The maximum absolute atomic E-state index is 11.4. The average molecular weight is 319 g/mol. The summed E-state index contributed by atoms with van der Waals surface area (Å²) >= 11 is 0. The van der Waals surface area contributed by atoms with E-state index in [1.54, 1.807) is 6.92 Å². The molecule has 130 valence electrons. The molecule has 23 heavy (non-hydrogen) atoms. The van der Waals surface area contributed by atoms with Crippen LogP contribution in [0.15, 0.2) is 0 Å². The number of carbonyl (C=O) groups excluding carboxylic acids is 1. The van der Waals surface area contributed by atoms with E-state index in [0.717, 1.165) is 36.5 Å². The second-order valence-corrected chi connectivity index (χ2v) is 9.77. The molecule has 0 amide bonds. The third-order valence-electron chi connectivity index (χ3n) is 8.64. The number of hydrogen-bond donors (Lipinski definition) is 0. The van der Waals surface area contributed by atoms with Gasteiger partial charge in [0.2, 0.25) is 0 Å². The highest BCUT2D eigenvalue weighted by atomic mass is 16.5. The van der Waals surface area contributed by atoms with Crippen LogP contribution in [0, 0.1) is 34.5 Å². The lowest BCUT2D eigenvalue weighted by molar-refractivity contribution is -0.146. The van der Waals surface area contributed by atoms with E-state index in [-0.39, 0.29) is 12.1 Å². The summed E-state index contributed by atoms with van der Waals surface area (Å²) in [7, 11) is 0. The predicted octanol–water partition coefficient (Wildman–Crippen LogP) is 5.35. The van der Waals surface area contributed by atoms with Crippen LogP contribution in [0.4, 0.5) is 0 Å². The number of ether oxygens (including phenoxy) is 1. The number of esters is 1. The Morgan fingerprint density at radius 3 is 2.61 bits per heavy atom. The summed E-state index contributed by atoms with van der Waals surface area (Å²) in [6.45, 7) is 6.70. The van der Waals surface area contributed by atoms with Gasteiger partial charge in [-0.05, 0) is 85.9 Å². The Morgan fingerprint density at radius 2 is 1.83 bits per heavy atom. The average Bonchev–Trinajstić information content (AvgIpc) is 2.81. The minimum absolute atomic E-state index is 0.0863. The Morgan fingerprint density at radius 1 is 1.00 bits per heavy atom. The van der Waals surface area contributed by atoms with E-state index in [1.807, 2.05) is 0 Å². The second-order valence-electron chi connectivity index (χ2n) is 9.77. The molecule has 0 radical (unpaired) electrons. The van der Waals surface area contributed by atoms with Gasteiger partial charge in [-0.3, -0.25) is 4.79 Å². The molecular formula is C21H34O2. The minimum Gasteiger partial charge on any atom is -0.463 e. The molecule has 0 aromatic rings. The quantitative estimate of drug-likeness (QED) is 0.609. The van der Waals surface area contributed by atoms with Gasteiger partial charge in [-0.25, -0.2) is 0 Å². The smallest absolute Gasteiger partial charge is 0.302 e. The summed E-state index contributed by atoms with van der Waals surface area (Å²) in [4.78, 5) is 11.4. The number of hydrogen-bond acceptors (Lipinski definition) is 2. The first kappa shape index (κ1) is 16.0. The highest BCUT2D eigenvalue weighted by Crippen LogP contribution is 2.66. The van der Waals surface area contributed by atoms with Crippen molar-refractivity contribution in [3.05, 3.63) is 0 Å². The van der Waals surface area contributed by atoms with E-state index in [0.29, 0.717) is 10.8 Å². The molecule has 0 spiro atoms. The number of carbonyl (C=O) groups is 1. The van der Waals surface area contributed by atoms with Crippen LogP contribution < -0.4 is 0 Å². The van der Waals surface area contributed by atoms with Crippen molar-refractivity contribution in [3.63, 3.8) is 0 Å². The van der Waals surface area contributed by atoms with Crippen molar-refractivity contribution in [2.75, 3.05) is 0 Å². The Bertz CT molecular complexity index is 486. The van der Waals surface area contributed by atoms with E-state index >= 15 is 0 Å². The van der Waals surface area contributed by atoms with Crippen molar-refractivity contribution in [2.45, 2.75) is 91.1 Å². The van der Waals surface area contributed by atoms with Gasteiger partial charge in [-0.1, -0.05) is 26.7 Å². The lowest BCUT2D eigenvalue weighted by Gasteiger charge is -2.59. The van der Waals surface area contributed by atoms with Gasteiger partial charge in [0.15, 0.2) is 0 Å². The molecule has 0 aliphatic heterocycles. The van der Waals surface area contributed by atoms with E-state index in [9.17, 15) is 4.79 Å². The van der Waals surface area contributed by atoms with E-state index in [2.05, 4.69) is 13.8 Å². The summed E-state index contributed by atoms with van der Waals surface area (Å²) < 4.78 is 5.64. The molecule has 0 aromatic heterocycles. The second kappa shape index (κ2) is 5.49. The van der Waals surface area contributed by atoms with E-state index in [4.69, 9.17) is 4.74 Å². The maximum Gasteiger partial charge on any atom is 0.302 e. The SMILES string of the molecule is CC(=O)O[C@H]1C[C@H]2[C@@H]3CC[C@@H]4CCCC[C@]4(C)[C@@H]3CC[C@]2(C)C1. The first-order chi connectivity index (χ1) is 10.9. The molecule has 0 heterocycles. The van der Waals surface area contributed by atoms with Gasteiger partial charge < -0.3 is 4.74 Å². The zero-order chi connectivity index (χ0) is 16.2. The fourth-order valence-electron chi connectivity index (χ4n) is 7.61. The van der Waals surface area contributed by atoms with Gasteiger partial charge in [-0.2, -0.15) is 0 Å². The van der Waals surface area contributed by atoms with Gasteiger partial charge in [0.05, 0.1) is 0 Å². The fourth-order valence-corrected chi connectivity index (χ4v) is 7.61. The molecule has 4 saturated carbocycles. The molecule has 0 unspecified atom stereocenters. The molecule has 4 fully saturated rings. The zero-order valence-electron chi connectivity index (χ0n) is 15.3. The zero-order valence-corrected chi connectivity index (χ0v) is 15.3. The van der Waals surface area contributed by atoms with Crippen LogP contribution in [-0.4, -0.2) is 12.1 Å². The van der Waals surface area contributed by atoms with Crippen LogP contribution >= 0.6 is 0 Å². The summed E-state index contributed by atoms with van der Waals surface area (Å²) in [6.07, 6.45) is 14.0. The van der Waals surface area contributed by atoms with E-state index < -0.39 is 0 Å². The Labute approximate surface area is 141 Å². The van der Waals surface area contributed by atoms with Crippen molar-refractivity contribution < 1.29 is 9.53 Å². The predicted molar refractivity (Wildman–Crippen MR) is 91.9 cm³/mol. The summed E-state index contributed by atoms with van der Waals surface area (Å²) in [5.74, 6) is 3.54. The van der Waals surface area contributed by atoms with Crippen LogP contribution in [0.5, 0.6) is 0 Å². The topological polar surface area (TPSA) is 26.3 Å². The maximum atomic E-state index is 11.4. The van der Waals surface area contributed by atoms with Crippen molar-refractivity contribution >= 4 is 5.97 Å². The number of rotatable bonds is 1. The van der Waals surface area contributed by atoms with Gasteiger partial charge in [0.1, 0.15) is 6.10 Å². The van der Waals surface area contributed by atoms with Crippen molar-refractivity contribution in [3.8, 4) is 0 Å². The van der Waals surface area contributed by atoms with Gasteiger partial charge in [0, 0.05) is 6.92 Å². The molecular weight excluding hydrogens is 284 g/mol. The lowest BCUT2D eigenvalue weighted by atomic mass is 9.45. The number of fused-ring (bicyclic) bond motifs is 5. The Balaban J connectivity index is 1.57. The molecule has 4 aliphatic rings. The highest BCUT2D eigenvalue weighted by molar-refractivity contribution is 5.66. The minimum atomic E-state index is -0.0863. The molecule has 7 atom stereocenters. The molecule has 4 rings (SSSR count). The van der Waals surface area contributed by atoms with Crippen molar-refractivity contribution in [1.29, 1.82) is 0 Å². The molecule has 2 heteroatoms. The molecule has 0 bridgehead atoms. The van der Waals surface area contributed by atoms with Crippen molar-refractivity contribution in [2.24, 2.45) is 34.5 Å². The first-order valence-electron chi connectivity index (χ1n) is 10.1. The Kier molecular flexibility index (Phi) is 3.81. The van der Waals surface area contributed by atoms with Gasteiger partial charge in [0.25, 0.3) is 0 Å². The van der Waals surface area contributed by atoms with Gasteiger partial charge in [-0.15, -0.1) is 0 Å². The fraction of sp³-hybridized carbons (Fsp3) is 0.952. The molecule has 0 aromatic carbocycles. The molecule has 0 saturated heterocycles. The van der Waals surface area contributed by atoms with Crippen LogP contribution in [-0.2, 0) is 9.53 Å². The molecule has 4 aliphatic carbocycles. The first-order valence-corrected chi connectivity index (χ1v) is 10.1. The largest absolute Gasteiger partial charge is 0.463 e. The summed E-state index contributed by atoms with van der Waals surface area (Å²) in [5.41, 5.74) is 1.04. The van der Waals surface area contributed by atoms with Gasteiger partial charge >= 0.3 is 5.97 Å². The lowest BCUT2D eigenvalue weighted by Crippen LogP contribution is -2.51. The molecule has 2 nitrogen and oxygen atoms in total. The highest BCUT2D eigenvalue weighted by Gasteiger charge is 2.59. The van der Waals surface area contributed by atoms with E-state index in [1.165, 1.54) is 51.4 Å². The van der Waals surface area contributed by atoms with Crippen LogP contribution in [0.1, 0.15) is 85.0 Å². The monoisotopic (exact) mass is 318 g/mol. The van der Waals surface area contributed by atoms with Crippen LogP contribution in [0.3, 0.4) is 0 Å². The summed E-state index contributed by atoms with van der Waals surface area (Å²) in [6, 6.07) is 0. The molecule has 0 N–H and O–H groups in total. The summed E-state index contributed by atoms with van der Waals surface area (Å²) in [5, 5.41) is 0. The van der Waals surface area contributed by atoms with Crippen LogP contribution in [0.2, 0.25) is 0 Å². The Hall–Kier alpha value is -0.530. The third-order valence-corrected chi connectivity index (χ3v) is 8.64.